The van der Waals surface area contributed by atoms with E-state index in [0.717, 1.165) is 23.1 Å². The van der Waals surface area contributed by atoms with Gasteiger partial charge in [-0.25, -0.2) is 9.97 Å². The number of nitrogens with one attached hydrogen (secondary N) is 1. The molecule has 1 aromatic heterocycles. The normalized spacial score (nSPS) is 10.3. The predicted molar refractivity (Wildman–Crippen MR) is 66.4 cm³/mol. The lowest BCUT2D eigenvalue weighted by molar-refractivity contribution is 0.778. The van der Waals surface area contributed by atoms with Crippen molar-refractivity contribution in [2.45, 2.75) is 38.1 Å². The molecule has 0 unspecified atom stereocenters. The van der Waals surface area contributed by atoms with Gasteiger partial charge in [-0.15, -0.1) is 11.8 Å². The average Bonchev–Trinajstić information content (AvgIpc) is 2.26. The van der Waals surface area contributed by atoms with Crippen molar-refractivity contribution in [2.75, 3.05) is 17.6 Å². The van der Waals surface area contributed by atoms with Crippen molar-refractivity contribution in [1.82, 2.24) is 9.97 Å². The quantitative estimate of drug-likeness (QED) is 0.439. The van der Waals surface area contributed by atoms with Gasteiger partial charge in [-0.05, 0) is 19.1 Å². The molecule has 1 aromatic rings. The summed E-state index contributed by atoms with van der Waals surface area (Å²) in [5.74, 6) is 2.07. The molecule has 0 spiro atoms. The van der Waals surface area contributed by atoms with Crippen LogP contribution in [0.4, 0.5) is 5.82 Å². The van der Waals surface area contributed by atoms with Crippen LogP contribution in [0.1, 0.15) is 33.1 Å². The van der Waals surface area contributed by atoms with Gasteiger partial charge in [-0.1, -0.05) is 19.8 Å². The lowest BCUT2D eigenvalue weighted by Crippen LogP contribution is -1.99. The van der Waals surface area contributed by atoms with Gasteiger partial charge in [0.1, 0.15) is 17.2 Å². The van der Waals surface area contributed by atoms with Crippen LogP contribution in [0.3, 0.4) is 0 Å². The van der Waals surface area contributed by atoms with Gasteiger partial charge in [-0.3, -0.25) is 0 Å². The smallest absolute Gasteiger partial charge is 0.130 e. The van der Waals surface area contributed by atoms with Gasteiger partial charge < -0.3 is 5.32 Å². The SMILES string of the molecule is CCCCCSc1cc(NCC)ncn1. The molecule has 0 aliphatic carbocycles. The van der Waals surface area contributed by atoms with Gasteiger partial charge in [0.25, 0.3) is 0 Å². The fourth-order valence-electron chi connectivity index (χ4n) is 1.22. The van der Waals surface area contributed by atoms with Crippen molar-refractivity contribution in [3.05, 3.63) is 12.4 Å². The highest BCUT2D eigenvalue weighted by Crippen LogP contribution is 2.18. The summed E-state index contributed by atoms with van der Waals surface area (Å²) in [7, 11) is 0. The molecule has 15 heavy (non-hydrogen) atoms. The summed E-state index contributed by atoms with van der Waals surface area (Å²) in [6, 6.07) is 2.01. The minimum absolute atomic E-state index is 0.900. The Labute approximate surface area is 96.1 Å². The third-order valence-electron chi connectivity index (χ3n) is 2.00. The second-order valence-corrected chi connectivity index (χ2v) is 4.44. The van der Waals surface area contributed by atoms with Gasteiger partial charge >= 0.3 is 0 Å². The molecule has 0 aromatic carbocycles. The fourth-order valence-corrected chi connectivity index (χ4v) is 2.10. The summed E-state index contributed by atoms with van der Waals surface area (Å²) in [5.41, 5.74) is 0. The zero-order chi connectivity index (χ0) is 10.9. The molecule has 0 aliphatic heterocycles. The standard InChI is InChI=1S/C11H19N3S/c1-3-5-6-7-15-11-8-10(12-4-2)13-9-14-11/h8-9H,3-7H2,1-2H3,(H,12,13,14). The molecule has 0 saturated carbocycles. The number of nitrogens with zero attached hydrogens (tertiary/aromatic N) is 2. The highest BCUT2D eigenvalue weighted by molar-refractivity contribution is 7.99. The Bertz CT molecular complexity index is 278. The molecule has 84 valence electrons. The molecule has 0 fully saturated rings. The molecule has 3 nitrogen and oxygen atoms in total. The maximum Gasteiger partial charge on any atom is 0.130 e. The molecule has 0 bridgehead atoms. The van der Waals surface area contributed by atoms with E-state index in [4.69, 9.17) is 0 Å². The lowest BCUT2D eigenvalue weighted by atomic mass is 10.3. The van der Waals surface area contributed by atoms with Crippen LogP contribution in [0.2, 0.25) is 0 Å². The number of anilines is 1. The van der Waals surface area contributed by atoms with E-state index in [-0.39, 0.29) is 0 Å². The number of thioether (sulfide) groups is 1. The molecular weight excluding hydrogens is 206 g/mol. The summed E-state index contributed by atoms with van der Waals surface area (Å²) < 4.78 is 0. The van der Waals surface area contributed by atoms with E-state index in [0.29, 0.717) is 0 Å². The molecule has 0 radical (unpaired) electrons. The first kappa shape index (κ1) is 12.3. The van der Waals surface area contributed by atoms with Gasteiger partial charge in [-0.2, -0.15) is 0 Å². The van der Waals surface area contributed by atoms with E-state index in [1.807, 2.05) is 17.8 Å². The summed E-state index contributed by atoms with van der Waals surface area (Å²) >= 11 is 1.81. The van der Waals surface area contributed by atoms with E-state index >= 15 is 0 Å². The third kappa shape index (κ3) is 5.02. The van der Waals surface area contributed by atoms with Crippen molar-refractivity contribution < 1.29 is 0 Å². The highest BCUT2D eigenvalue weighted by atomic mass is 32.2. The van der Waals surface area contributed by atoms with Crippen LogP contribution in [-0.2, 0) is 0 Å². The molecular formula is C11H19N3S. The first-order valence-electron chi connectivity index (χ1n) is 5.55. The third-order valence-corrected chi connectivity index (χ3v) is 3.01. The Morgan fingerprint density at radius 2 is 2.13 bits per heavy atom. The van der Waals surface area contributed by atoms with Gasteiger partial charge in [0.15, 0.2) is 0 Å². The van der Waals surface area contributed by atoms with Crippen molar-refractivity contribution in [3.8, 4) is 0 Å². The molecule has 0 amide bonds. The molecule has 4 heteroatoms. The van der Waals surface area contributed by atoms with E-state index in [1.54, 1.807) is 6.33 Å². The minimum Gasteiger partial charge on any atom is -0.370 e. The van der Waals surface area contributed by atoms with Gasteiger partial charge in [0.05, 0.1) is 0 Å². The van der Waals surface area contributed by atoms with Crippen LogP contribution in [0.25, 0.3) is 0 Å². The van der Waals surface area contributed by atoms with Gasteiger partial charge in [0, 0.05) is 12.6 Å². The van der Waals surface area contributed by atoms with E-state index in [9.17, 15) is 0 Å². The maximum absolute atomic E-state index is 4.23. The molecule has 0 saturated heterocycles. The second-order valence-electron chi connectivity index (χ2n) is 3.33. The van der Waals surface area contributed by atoms with Crippen LogP contribution in [0.15, 0.2) is 17.4 Å². The number of rotatable bonds is 7. The Kier molecular flexibility index (Phi) is 6.16. The topological polar surface area (TPSA) is 37.8 Å². The average molecular weight is 225 g/mol. The summed E-state index contributed by atoms with van der Waals surface area (Å²) in [4.78, 5) is 8.37. The highest BCUT2D eigenvalue weighted by Gasteiger charge is 1.98. The second kappa shape index (κ2) is 7.51. The first-order chi connectivity index (χ1) is 7.36. The van der Waals surface area contributed by atoms with Crippen LogP contribution >= 0.6 is 11.8 Å². The first-order valence-corrected chi connectivity index (χ1v) is 6.54. The number of aromatic nitrogens is 2. The Morgan fingerprint density at radius 1 is 1.27 bits per heavy atom. The Morgan fingerprint density at radius 3 is 2.87 bits per heavy atom. The zero-order valence-electron chi connectivity index (χ0n) is 9.49. The van der Waals surface area contributed by atoms with Crippen LogP contribution in [0, 0.1) is 0 Å². The van der Waals surface area contributed by atoms with Crippen molar-refractivity contribution in [3.63, 3.8) is 0 Å². The minimum atomic E-state index is 0.900. The number of unbranched alkanes of at least 4 members (excludes halogenated alkanes) is 2. The van der Waals surface area contributed by atoms with E-state index < -0.39 is 0 Å². The van der Waals surface area contributed by atoms with Crippen LogP contribution in [0.5, 0.6) is 0 Å². The van der Waals surface area contributed by atoms with E-state index in [1.165, 1.54) is 19.3 Å². The van der Waals surface area contributed by atoms with Crippen molar-refractivity contribution >= 4 is 17.6 Å². The van der Waals surface area contributed by atoms with Crippen LogP contribution in [-0.4, -0.2) is 22.3 Å². The monoisotopic (exact) mass is 225 g/mol. The molecule has 1 heterocycles. The van der Waals surface area contributed by atoms with Crippen LogP contribution < -0.4 is 5.32 Å². The van der Waals surface area contributed by atoms with Gasteiger partial charge in [0.2, 0.25) is 0 Å². The summed E-state index contributed by atoms with van der Waals surface area (Å²) in [6.07, 6.45) is 5.47. The fraction of sp³-hybridized carbons (Fsp3) is 0.636. The summed E-state index contributed by atoms with van der Waals surface area (Å²) in [6.45, 7) is 5.19. The molecule has 1 rings (SSSR count). The Hall–Kier alpha value is -0.770. The number of hydrogen-bond acceptors (Lipinski definition) is 4. The lowest BCUT2D eigenvalue weighted by Gasteiger charge is -2.03. The summed E-state index contributed by atoms with van der Waals surface area (Å²) in [5, 5.41) is 4.25. The largest absolute Gasteiger partial charge is 0.370 e. The molecule has 0 atom stereocenters. The zero-order valence-corrected chi connectivity index (χ0v) is 10.3. The molecule has 1 N–H and O–H groups in total. The molecule has 0 aliphatic rings. The maximum atomic E-state index is 4.23. The Balaban J connectivity index is 2.36. The number of hydrogen-bond donors (Lipinski definition) is 1. The van der Waals surface area contributed by atoms with Crippen molar-refractivity contribution in [2.24, 2.45) is 0 Å². The van der Waals surface area contributed by atoms with E-state index in [2.05, 4.69) is 29.1 Å². The predicted octanol–water partition coefficient (Wildman–Crippen LogP) is 3.19. The van der Waals surface area contributed by atoms with Crippen molar-refractivity contribution in [1.29, 1.82) is 0 Å².